The Morgan fingerprint density at radius 3 is 2.44 bits per heavy atom. The molecule has 0 spiro atoms. The lowest BCUT2D eigenvalue weighted by Crippen LogP contribution is -2.15. The van der Waals surface area contributed by atoms with Gasteiger partial charge in [0.25, 0.3) is 0 Å². The zero-order valence-electron chi connectivity index (χ0n) is 11.5. The quantitative estimate of drug-likeness (QED) is 0.398. The van der Waals surface area contributed by atoms with Crippen molar-refractivity contribution >= 4 is 11.9 Å². The standard InChI is InChI=1S/C14H22O4/c1-4-5-6-7-9-14(18-13(3)16)10-8-11-17-12(2)15/h14H,4-6,8,10-11H2,1-3H3. The van der Waals surface area contributed by atoms with Crippen LogP contribution in [-0.2, 0) is 19.1 Å². The number of hydrogen-bond donors (Lipinski definition) is 0. The monoisotopic (exact) mass is 254 g/mol. The smallest absolute Gasteiger partial charge is 0.303 e. The summed E-state index contributed by atoms with van der Waals surface area (Å²) in [6.45, 7) is 5.18. The van der Waals surface area contributed by atoms with E-state index in [2.05, 4.69) is 18.8 Å². The Balaban J connectivity index is 4.00. The van der Waals surface area contributed by atoms with Crippen molar-refractivity contribution < 1.29 is 19.1 Å². The van der Waals surface area contributed by atoms with Crippen LogP contribution in [0, 0.1) is 11.8 Å². The van der Waals surface area contributed by atoms with Crippen molar-refractivity contribution in [1.29, 1.82) is 0 Å². The molecule has 0 aliphatic carbocycles. The lowest BCUT2D eigenvalue weighted by atomic mass is 10.2. The van der Waals surface area contributed by atoms with Gasteiger partial charge in [0, 0.05) is 20.3 Å². The summed E-state index contributed by atoms with van der Waals surface area (Å²) < 4.78 is 9.90. The molecule has 4 heteroatoms. The van der Waals surface area contributed by atoms with Gasteiger partial charge >= 0.3 is 11.9 Å². The van der Waals surface area contributed by atoms with Crippen molar-refractivity contribution in [3.63, 3.8) is 0 Å². The Labute approximate surface area is 109 Å². The minimum Gasteiger partial charge on any atom is -0.466 e. The van der Waals surface area contributed by atoms with Gasteiger partial charge < -0.3 is 9.47 Å². The third-order valence-corrected chi connectivity index (χ3v) is 2.14. The SMILES string of the molecule is CCCCC#CC(CCCOC(C)=O)OC(C)=O. The fourth-order valence-corrected chi connectivity index (χ4v) is 1.30. The van der Waals surface area contributed by atoms with E-state index in [1.54, 1.807) is 0 Å². The van der Waals surface area contributed by atoms with Crippen LogP contribution in [0.5, 0.6) is 0 Å². The molecular weight excluding hydrogens is 232 g/mol. The lowest BCUT2D eigenvalue weighted by molar-refractivity contribution is -0.145. The van der Waals surface area contributed by atoms with Crippen LogP contribution < -0.4 is 0 Å². The summed E-state index contributed by atoms with van der Waals surface area (Å²) in [6.07, 6.45) is 3.80. The molecule has 1 atom stereocenters. The second-order valence-electron chi connectivity index (χ2n) is 4.01. The van der Waals surface area contributed by atoms with E-state index in [1.807, 2.05) is 0 Å². The molecule has 0 saturated carbocycles. The number of ether oxygens (including phenoxy) is 2. The largest absolute Gasteiger partial charge is 0.466 e. The van der Waals surface area contributed by atoms with Crippen LogP contribution in [0.3, 0.4) is 0 Å². The predicted octanol–water partition coefficient (Wildman–Crippen LogP) is 2.46. The molecular formula is C14H22O4. The fourth-order valence-electron chi connectivity index (χ4n) is 1.30. The molecule has 0 aromatic rings. The van der Waals surface area contributed by atoms with Gasteiger partial charge in [0.05, 0.1) is 6.61 Å². The predicted molar refractivity (Wildman–Crippen MR) is 68.7 cm³/mol. The molecule has 0 radical (unpaired) electrons. The van der Waals surface area contributed by atoms with E-state index >= 15 is 0 Å². The first kappa shape index (κ1) is 16.5. The first-order valence-corrected chi connectivity index (χ1v) is 6.35. The second kappa shape index (κ2) is 10.6. The van der Waals surface area contributed by atoms with Crippen molar-refractivity contribution in [1.82, 2.24) is 0 Å². The zero-order valence-corrected chi connectivity index (χ0v) is 11.5. The van der Waals surface area contributed by atoms with Crippen LogP contribution in [0.2, 0.25) is 0 Å². The Bertz CT molecular complexity index is 311. The number of hydrogen-bond acceptors (Lipinski definition) is 4. The van der Waals surface area contributed by atoms with Gasteiger partial charge in [-0.3, -0.25) is 9.59 Å². The zero-order chi connectivity index (χ0) is 13.8. The highest BCUT2D eigenvalue weighted by atomic mass is 16.5. The van der Waals surface area contributed by atoms with E-state index < -0.39 is 6.10 Å². The Hall–Kier alpha value is -1.50. The van der Waals surface area contributed by atoms with E-state index in [0.717, 1.165) is 19.3 Å². The minimum absolute atomic E-state index is 0.298. The molecule has 0 aliphatic heterocycles. The van der Waals surface area contributed by atoms with Crippen LogP contribution >= 0.6 is 0 Å². The van der Waals surface area contributed by atoms with Crippen LogP contribution in [0.15, 0.2) is 0 Å². The van der Waals surface area contributed by atoms with E-state index in [-0.39, 0.29) is 11.9 Å². The Kier molecular flexibility index (Phi) is 9.75. The fraction of sp³-hybridized carbons (Fsp3) is 0.714. The Morgan fingerprint density at radius 1 is 1.17 bits per heavy atom. The molecule has 0 bridgehead atoms. The van der Waals surface area contributed by atoms with Gasteiger partial charge in [-0.05, 0) is 19.3 Å². The molecule has 0 aromatic carbocycles. The van der Waals surface area contributed by atoms with Gasteiger partial charge in [-0.25, -0.2) is 0 Å². The van der Waals surface area contributed by atoms with E-state index in [4.69, 9.17) is 9.47 Å². The lowest BCUT2D eigenvalue weighted by Gasteiger charge is -2.10. The van der Waals surface area contributed by atoms with Crippen molar-refractivity contribution in [3.8, 4) is 11.8 Å². The molecule has 0 amide bonds. The number of carbonyl (C=O) groups excluding carboxylic acids is 2. The minimum atomic E-state index is -0.394. The highest BCUT2D eigenvalue weighted by Crippen LogP contribution is 2.03. The summed E-state index contributed by atoms with van der Waals surface area (Å²) in [7, 11) is 0. The summed E-state index contributed by atoms with van der Waals surface area (Å²) in [4.78, 5) is 21.5. The molecule has 0 aromatic heterocycles. The van der Waals surface area contributed by atoms with Gasteiger partial charge in [-0.2, -0.15) is 0 Å². The molecule has 0 N–H and O–H groups in total. The molecule has 0 heterocycles. The number of unbranched alkanes of at least 4 members (excludes halogenated alkanes) is 2. The number of esters is 2. The first-order valence-electron chi connectivity index (χ1n) is 6.35. The highest BCUT2D eigenvalue weighted by Gasteiger charge is 2.08. The second-order valence-corrected chi connectivity index (χ2v) is 4.01. The normalized spacial score (nSPS) is 11.1. The third kappa shape index (κ3) is 11.0. The average molecular weight is 254 g/mol. The third-order valence-electron chi connectivity index (χ3n) is 2.14. The highest BCUT2D eigenvalue weighted by molar-refractivity contribution is 5.66. The van der Waals surface area contributed by atoms with Gasteiger partial charge in [0.1, 0.15) is 0 Å². The van der Waals surface area contributed by atoms with Gasteiger partial charge in [0.15, 0.2) is 6.10 Å². The van der Waals surface area contributed by atoms with E-state index in [9.17, 15) is 9.59 Å². The molecule has 0 fully saturated rings. The summed E-state index contributed by atoms with van der Waals surface area (Å²) >= 11 is 0. The summed E-state index contributed by atoms with van der Waals surface area (Å²) in [5.74, 6) is 5.31. The summed E-state index contributed by atoms with van der Waals surface area (Å²) in [5, 5.41) is 0. The maximum atomic E-state index is 10.9. The van der Waals surface area contributed by atoms with E-state index in [0.29, 0.717) is 19.4 Å². The maximum absolute atomic E-state index is 10.9. The molecule has 0 rings (SSSR count). The van der Waals surface area contributed by atoms with Crippen molar-refractivity contribution in [2.24, 2.45) is 0 Å². The number of carbonyl (C=O) groups is 2. The molecule has 4 nitrogen and oxygen atoms in total. The molecule has 0 saturated heterocycles. The first-order chi connectivity index (χ1) is 8.56. The van der Waals surface area contributed by atoms with E-state index in [1.165, 1.54) is 13.8 Å². The molecule has 0 aliphatic rings. The average Bonchev–Trinajstić information content (AvgIpc) is 2.28. The molecule has 18 heavy (non-hydrogen) atoms. The van der Waals surface area contributed by atoms with Crippen molar-refractivity contribution in [2.45, 2.75) is 59.0 Å². The molecule has 102 valence electrons. The summed E-state index contributed by atoms with van der Waals surface area (Å²) in [5.41, 5.74) is 0. The summed E-state index contributed by atoms with van der Waals surface area (Å²) in [6, 6.07) is 0. The van der Waals surface area contributed by atoms with Crippen LogP contribution in [-0.4, -0.2) is 24.6 Å². The maximum Gasteiger partial charge on any atom is 0.303 e. The van der Waals surface area contributed by atoms with Gasteiger partial charge in [-0.1, -0.05) is 25.2 Å². The van der Waals surface area contributed by atoms with Gasteiger partial charge in [0.2, 0.25) is 0 Å². The van der Waals surface area contributed by atoms with Crippen LogP contribution in [0.1, 0.15) is 52.9 Å². The van der Waals surface area contributed by atoms with Crippen LogP contribution in [0.4, 0.5) is 0 Å². The topological polar surface area (TPSA) is 52.6 Å². The van der Waals surface area contributed by atoms with Crippen molar-refractivity contribution in [2.75, 3.05) is 6.61 Å². The number of rotatable bonds is 7. The van der Waals surface area contributed by atoms with Crippen molar-refractivity contribution in [3.05, 3.63) is 0 Å². The Morgan fingerprint density at radius 2 is 1.89 bits per heavy atom. The van der Waals surface area contributed by atoms with Crippen LogP contribution in [0.25, 0.3) is 0 Å². The van der Waals surface area contributed by atoms with Gasteiger partial charge in [-0.15, -0.1) is 0 Å². The molecule has 1 unspecified atom stereocenters.